The van der Waals surface area contributed by atoms with Gasteiger partial charge in [-0.3, -0.25) is 4.79 Å². The van der Waals surface area contributed by atoms with E-state index < -0.39 is 208 Å². The summed E-state index contributed by atoms with van der Waals surface area (Å²) in [7, 11) is 0. The van der Waals surface area contributed by atoms with Gasteiger partial charge in [0.15, 0.2) is 31.3 Å². The maximum absolute atomic E-state index is 15.2. The van der Waals surface area contributed by atoms with Crippen LogP contribution in [0.1, 0.15) is 71.6 Å². The van der Waals surface area contributed by atoms with Crippen molar-refractivity contribution >= 4 is 5.97 Å². The lowest BCUT2D eigenvalue weighted by molar-refractivity contribution is -0.383. The predicted molar refractivity (Wildman–Crippen MR) is 246 cm³/mol. The largest absolute Gasteiger partial charge is 0.432 e. The van der Waals surface area contributed by atoms with Crippen LogP contribution in [0, 0.1) is 28.1 Å². The van der Waals surface area contributed by atoms with E-state index in [1.165, 1.54) is 0 Å². The summed E-state index contributed by atoms with van der Waals surface area (Å²) < 4.78 is 60.0. The van der Waals surface area contributed by atoms with Gasteiger partial charge in [0.1, 0.15) is 110 Å². The van der Waals surface area contributed by atoms with Crippen LogP contribution >= 0.6 is 0 Å². The smallest absolute Gasteiger partial charge is 0.314 e. The minimum Gasteiger partial charge on any atom is -0.432 e. The van der Waals surface area contributed by atoms with Crippen molar-refractivity contribution < 1.29 is 134 Å². The fraction of sp³-hybridized carbons (Fsp3) is 0.939. The van der Waals surface area contributed by atoms with Crippen molar-refractivity contribution in [2.75, 3.05) is 33.0 Å². The Morgan fingerprint density at radius 2 is 1.04 bits per heavy atom. The Bertz CT molecular complexity index is 2020. The van der Waals surface area contributed by atoms with Crippen LogP contribution in [0.4, 0.5) is 0 Å². The number of aliphatic hydroxyl groups excluding tert-OH is 16. The lowest BCUT2D eigenvalue weighted by atomic mass is 9.41. The maximum Gasteiger partial charge on any atom is 0.314 e. The van der Waals surface area contributed by atoms with Gasteiger partial charge in [0.2, 0.25) is 6.29 Å². The number of carbonyl (C=O) groups excluding carboxylic acids is 1. The van der Waals surface area contributed by atoms with E-state index >= 15 is 4.79 Å². The summed E-state index contributed by atoms with van der Waals surface area (Å²) >= 11 is 0. The second kappa shape index (κ2) is 22.5. The summed E-state index contributed by atoms with van der Waals surface area (Å²) in [5.74, 6) is -1.13. The normalized spacial score (nSPS) is 54.6. The standard InChI is InChI=1S/C49H78O27/c1-18-11-48-9-5-24-46(2,25(48)6-10-49(18,17-48)76-44-38(33(62)29(58)22(14-52)71-44)73-42-36(65)32(61)28(57)21(13-51)69-42)7-4-8-47(24,3)45(66)75-43-39(74-40-34(63)26(55)19(54)16-67-40)37(30(59)23(15-53)70-43)72-41-35(64)31(60)27(56)20(12-50)68-41/h19-44,50-65H,1,4-17H2,2-3H3/t19-,20+,21+,22+,23+,24-,25-,26+,27+,28+,29+,30+,31-,32-,33-,34+,35+,36+,37-,38+,39+,40-,41-,42-,43-,44-,46+,47+,48+,49-/m0/s1. The van der Waals surface area contributed by atoms with Crippen LogP contribution in [0.5, 0.6) is 0 Å². The highest BCUT2D eigenvalue weighted by Crippen LogP contribution is 2.74. The zero-order valence-corrected chi connectivity index (χ0v) is 42.3. The number of hydrogen-bond donors (Lipinski definition) is 16. The molecule has 0 amide bonds. The first kappa shape index (κ1) is 58.9. The molecule has 0 unspecified atom stereocenters. The molecule has 0 radical (unpaired) electrons. The number of ether oxygens (including phenoxy) is 10. The Hall–Kier alpha value is -1.79. The van der Waals surface area contributed by atoms with Gasteiger partial charge in [-0.15, -0.1) is 0 Å². The van der Waals surface area contributed by atoms with Gasteiger partial charge in [-0.05, 0) is 86.5 Å². The van der Waals surface area contributed by atoms with Gasteiger partial charge in [-0.2, -0.15) is 0 Å². The van der Waals surface area contributed by atoms with Crippen molar-refractivity contribution in [2.24, 2.45) is 28.1 Å². The molecule has 27 nitrogen and oxygen atoms in total. The van der Waals surface area contributed by atoms with E-state index in [0.29, 0.717) is 63.4 Å². The van der Waals surface area contributed by atoms with Crippen LogP contribution in [-0.2, 0) is 52.2 Å². The van der Waals surface area contributed by atoms with Crippen LogP contribution in [-0.4, -0.2) is 274 Å². The third-order valence-electron chi connectivity index (χ3n) is 18.8. The van der Waals surface area contributed by atoms with Gasteiger partial charge in [-0.25, -0.2) is 0 Å². The fourth-order valence-electron chi connectivity index (χ4n) is 14.7. The zero-order valence-electron chi connectivity index (χ0n) is 42.3. The SMILES string of the molecule is C=C1C[C@@]23CC[C@H]4[C@@](C)(CCC[C@@]4(C)C(=O)O[C@@H]4O[C@H](CO)[C@@H](O)[C@H](O[C@@H]5O[C@H](CO)[C@@H](O)[C@H](O)[C@H]5O)[C@H]4O[C@@H]4OC[C@H](O)[C@@H](O)[C@H]4O)[C@@H]2CC[C@]1(O[C@@H]1O[C@H](CO)[C@@H](O)[C@H](O)[C@H]1O[C@@H]1O[C@H](CO)[C@@H](O)[C@H](O)[C@H]1O)C3. The van der Waals surface area contributed by atoms with Crippen LogP contribution in [0.25, 0.3) is 0 Å². The quantitative estimate of drug-likeness (QED) is 0.0437. The van der Waals surface area contributed by atoms with E-state index in [9.17, 15) is 81.7 Å². The molecular formula is C49H78O27. The first-order chi connectivity index (χ1) is 35.9. The minimum absolute atomic E-state index is 0.0350. The summed E-state index contributed by atoms with van der Waals surface area (Å²) in [5, 5.41) is 170. The third-order valence-corrected chi connectivity index (χ3v) is 18.8. The van der Waals surface area contributed by atoms with Crippen LogP contribution < -0.4 is 0 Å². The molecule has 30 atom stereocenters. The molecule has 436 valence electrons. The topological polar surface area (TPSA) is 433 Å². The van der Waals surface area contributed by atoms with Crippen molar-refractivity contribution in [3.8, 4) is 0 Å². The summed E-state index contributed by atoms with van der Waals surface area (Å²) in [5.41, 5.74) is -2.59. The Morgan fingerprint density at radius 1 is 0.539 bits per heavy atom. The van der Waals surface area contributed by atoms with E-state index in [0.717, 1.165) is 0 Å². The van der Waals surface area contributed by atoms with Crippen LogP contribution in [0.15, 0.2) is 12.2 Å². The highest BCUT2D eigenvalue weighted by Gasteiger charge is 2.70. The highest BCUT2D eigenvalue weighted by atomic mass is 16.8. The molecule has 9 rings (SSSR count). The van der Waals surface area contributed by atoms with Crippen molar-refractivity contribution in [2.45, 2.75) is 225 Å². The molecule has 5 saturated heterocycles. The molecule has 16 N–H and O–H groups in total. The average molecular weight is 1100 g/mol. The van der Waals surface area contributed by atoms with Crippen molar-refractivity contribution in [3.05, 3.63) is 12.2 Å². The lowest BCUT2D eigenvalue weighted by Gasteiger charge is -2.64. The second-order valence-corrected chi connectivity index (χ2v) is 23.2. The molecule has 27 heteroatoms. The molecular weight excluding hydrogens is 1020 g/mol. The molecule has 0 aromatic heterocycles. The highest BCUT2D eigenvalue weighted by molar-refractivity contribution is 5.77. The van der Waals surface area contributed by atoms with E-state index in [2.05, 4.69) is 13.5 Å². The molecule has 9 aliphatic rings. The molecule has 0 aromatic carbocycles. The Kier molecular flexibility index (Phi) is 17.4. The van der Waals surface area contributed by atoms with E-state index in [1.807, 2.05) is 0 Å². The zero-order chi connectivity index (χ0) is 55.1. The number of aliphatic hydroxyl groups is 16. The molecule has 5 heterocycles. The van der Waals surface area contributed by atoms with Gasteiger partial charge in [-0.1, -0.05) is 19.9 Å². The van der Waals surface area contributed by atoms with Crippen molar-refractivity contribution in [1.29, 1.82) is 0 Å². The predicted octanol–water partition coefficient (Wildman–Crippen LogP) is -6.65. The summed E-state index contributed by atoms with van der Waals surface area (Å²) in [6.07, 6.45) is -36.9. The van der Waals surface area contributed by atoms with Gasteiger partial charge in [0.05, 0.1) is 44.1 Å². The van der Waals surface area contributed by atoms with E-state index in [-0.39, 0.29) is 11.8 Å². The number of esters is 1. The Morgan fingerprint density at radius 3 is 1.63 bits per heavy atom. The van der Waals surface area contributed by atoms with Crippen LogP contribution in [0.3, 0.4) is 0 Å². The Labute approximate surface area is 437 Å². The average Bonchev–Trinajstić information content (AvgIpc) is 3.71. The van der Waals surface area contributed by atoms with Gasteiger partial charge in [0.25, 0.3) is 0 Å². The molecule has 2 bridgehead atoms. The third kappa shape index (κ3) is 10.0. The molecule has 5 aliphatic heterocycles. The molecule has 76 heavy (non-hydrogen) atoms. The summed E-state index contributed by atoms with van der Waals surface area (Å²) in [4.78, 5) is 15.2. The first-order valence-corrected chi connectivity index (χ1v) is 26.3. The van der Waals surface area contributed by atoms with Gasteiger partial charge < -0.3 is 129 Å². The number of rotatable bonds is 14. The Balaban J connectivity index is 0.956. The van der Waals surface area contributed by atoms with E-state index in [1.54, 1.807) is 6.92 Å². The molecule has 1 spiro atoms. The van der Waals surface area contributed by atoms with Gasteiger partial charge >= 0.3 is 5.97 Å². The summed E-state index contributed by atoms with van der Waals surface area (Å²) in [6, 6.07) is 0. The molecule has 9 fully saturated rings. The monoisotopic (exact) mass is 1100 g/mol. The molecule has 4 saturated carbocycles. The number of carbonyl (C=O) groups is 1. The second-order valence-electron chi connectivity index (χ2n) is 23.2. The number of hydrogen-bond acceptors (Lipinski definition) is 27. The maximum atomic E-state index is 15.2. The summed E-state index contributed by atoms with van der Waals surface area (Å²) in [6.45, 7) is 4.69. The van der Waals surface area contributed by atoms with Gasteiger partial charge in [0, 0.05) is 0 Å². The first-order valence-electron chi connectivity index (χ1n) is 26.3. The number of fused-ring (bicyclic) bond motifs is 3. The minimum atomic E-state index is -1.99. The molecule has 4 aliphatic carbocycles. The van der Waals surface area contributed by atoms with Crippen molar-refractivity contribution in [3.63, 3.8) is 0 Å². The van der Waals surface area contributed by atoms with Crippen molar-refractivity contribution in [1.82, 2.24) is 0 Å². The molecule has 0 aromatic rings. The van der Waals surface area contributed by atoms with Crippen LogP contribution in [0.2, 0.25) is 0 Å². The lowest BCUT2D eigenvalue weighted by Crippen LogP contribution is -2.67. The fourth-order valence-corrected chi connectivity index (χ4v) is 14.7. The van der Waals surface area contributed by atoms with E-state index in [4.69, 9.17) is 47.4 Å².